The summed E-state index contributed by atoms with van der Waals surface area (Å²) in [4.78, 5) is 26.1. The van der Waals surface area contributed by atoms with Gasteiger partial charge in [-0.2, -0.15) is 0 Å². The third-order valence-electron chi connectivity index (χ3n) is 5.40. The van der Waals surface area contributed by atoms with E-state index in [1.165, 1.54) is 11.3 Å². The molecule has 6 heteroatoms. The minimum atomic E-state index is 0.0502. The van der Waals surface area contributed by atoms with Gasteiger partial charge >= 0.3 is 0 Å². The molecule has 1 aromatic carbocycles. The van der Waals surface area contributed by atoms with Gasteiger partial charge in [0.1, 0.15) is 5.82 Å². The Morgan fingerprint density at radius 3 is 3.04 bits per heavy atom. The highest BCUT2D eigenvalue weighted by Gasteiger charge is 2.31. The molecule has 1 aromatic heterocycles. The first kappa shape index (κ1) is 16.8. The molecule has 0 bridgehead atoms. The first-order valence-corrected chi connectivity index (χ1v) is 9.38. The summed E-state index contributed by atoms with van der Waals surface area (Å²) in [6, 6.07) is 8.55. The Morgan fingerprint density at radius 1 is 1.27 bits per heavy atom. The van der Waals surface area contributed by atoms with Gasteiger partial charge in [-0.1, -0.05) is 18.2 Å². The number of carbonyl (C=O) groups is 1. The van der Waals surface area contributed by atoms with Crippen LogP contribution in [0.3, 0.4) is 0 Å². The second-order valence-electron chi connectivity index (χ2n) is 6.94. The highest BCUT2D eigenvalue weighted by molar-refractivity contribution is 5.78. The quantitative estimate of drug-likeness (QED) is 0.897. The third-order valence-corrected chi connectivity index (χ3v) is 5.40. The lowest BCUT2D eigenvalue weighted by Gasteiger charge is -2.26. The number of fused-ring (bicyclic) bond motifs is 1. The summed E-state index contributed by atoms with van der Waals surface area (Å²) in [6.45, 7) is 2.60. The van der Waals surface area contributed by atoms with Crippen molar-refractivity contribution in [2.75, 3.05) is 36.9 Å². The Morgan fingerprint density at radius 2 is 2.15 bits per heavy atom. The summed E-state index contributed by atoms with van der Waals surface area (Å²) in [7, 11) is 1.83. The van der Waals surface area contributed by atoms with Crippen LogP contribution in [-0.2, 0) is 11.2 Å². The number of hydrogen-bond donors (Lipinski definition) is 1. The molecular weight excluding hydrogens is 326 g/mol. The fourth-order valence-electron chi connectivity index (χ4n) is 4.05. The zero-order valence-corrected chi connectivity index (χ0v) is 15.2. The van der Waals surface area contributed by atoms with Crippen molar-refractivity contribution in [2.24, 2.45) is 0 Å². The number of aromatic nitrogens is 2. The van der Waals surface area contributed by atoms with E-state index in [-0.39, 0.29) is 11.9 Å². The van der Waals surface area contributed by atoms with E-state index in [2.05, 4.69) is 44.5 Å². The molecule has 0 radical (unpaired) electrons. The molecule has 2 aliphatic rings. The van der Waals surface area contributed by atoms with Crippen molar-refractivity contribution in [2.45, 2.75) is 31.7 Å². The zero-order chi connectivity index (χ0) is 17.9. The molecule has 2 aromatic rings. The summed E-state index contributed by atoms with van der Waals surface area (Å²) >= 11 is 0. The van der Waals surface area contributed by atoms with Crippen LogP contribution in [0.5, 0.6) is 0 Å². The van der Waals surface area contributed by atoms with E-state index in [1.807, 2.05) is 11.9 Å². The van der Waals surface area contributed by atoms with Crippen LogP contribution in [0, 0.1) is 0 Å². The number of rotatable bonds is 5. The maximum absolute atomic E-state index is 12.9. The lowest BCUT2D eigenvalue weighted by Crippen LogP contribution is -2.34. The third kappa shape index (κ3) is 3.23. The summed E-state index contributed by atoms with van der Waals surface area (Å²) in [6.07, 6.45) is 7.09. The van der Waals surface area contributed by atoms with Gasteiger partial charge in [0, 0.05) is 38.8 Å². The molecule has 0 saturated carbocycles. The molecule has 2 aliphatic heterocycles. The first-order chi connectivity index (χ1) is 12.8. The highest BCUT2D eigenvalue weighted by atomic mass is 16.2. The zero-order valence-electron chi connectivity index (χ0n) is 15.2. The Balaban J connectivity index is 1.41. The Labute approximate surface area is 154 Å². The van der Waals surface area contributed by atoms with Crippen LogP contribution in [0.4, 0.5) is 11.5 Å². The van der Waals surface area contributed by atoms with E-state index in [9.17, 15) is 4.79 Å². The Hall–Kier alpha value is -2.63. The largest absolute Gasteiger partial charge is 0.372 e. The minimum Gasteiger partial charge on any atom is -0.372 e. The van der Waals surface area contributed by atoms with Crippen LogP contribution < -0.4 is 10.2 Å². The number of carbonyl (C=O) groups excluding carboxylic acids is 1. The van der Waals surface area contributed by atoms with Crippen molar-refractivity contribution >= 4 is 17.4 Å². The lowest BCUT2D eigenvalue weighted by molar-refractivity contribution is -0.132. The second-order valence-corrected chi connectivity index (χ2v) is 6.94. The van der Waals surface area contributed by atoms with E-state index in [4.69, 9.17) is 0 Å². The van der Waals surface area contributed by atoms with Crippen molar-refractivity contribution in [1.29, 1.82) is 0 Å². The van der Waals surface area contributed by atoms with Gasteiger partial charge < -0.3 is 15.1 Å². The molecule has 136 valence electrons. The average Bonchev–Trinajstić information content (AvgIpc) is 3.33. The van der Waals surface area contributed by atoms with Crippen LogP contribution in [0.15, 0.2) is 36.7 Å². The molecule has 1 saturated heterocycles. The van der Waals surface area contributed by atoms with Crippen molar-refractivity contribution in [3.8, 4) is 0 Å². The van der Waals surface area contributed by atoms with Crippen LogP contribution in [0.1, 0.15) is 36.6 Å². The van der Waals surface area contributed by atoms with Crippen molar-refractivity contribution < 1.29 is 4.79 Å². The first-order valence-electron chi connectivity index (χ1n) is 9.38. The number of nitrogens with zero attached hydrogens (tertiary/aromatic N) is 4. The molecule has 1 fully saturated rings. The maximum Gasteiger partial charge on any atom is 0.224 e. The van der Waals surface area contributed by atoms with E-state index in [0.717, 1.165) is 50.4 Å². The van der Waals surface area contributed by atoms with Gasteiger partial charge in [-0.05, 0) is 30.9 Å². The second kappa shape index (κ2) is 7.32. The molecule has 0 aliphatic carbocycles. The van der Waals surface area contributed by atoms with Gasteiger partial charge in [-0.3, -0.25) is 9.78 Å². The molecule has 26 heavy (non-hydrogen) atoms. The molecule has 1 unspecified atom stereocenters. The monoisotopic (exact) mass is 351 g/mol. The highest BCUT2D eigenvalue weighted by Crippen LogP contribution is 2.32. The Kier molecular flexibility index (Phi) is 4.73. The van der Waals surface area contributed by atoms with E-state index >= 15 is 0 Å². The van der Waals surface area contributed by atoms with Gasteiger partial charge in [-0.15, -0.1) is 0 Å². The Bertz CT molecular complexity index is 793. The fraction of sp³-hybridized carbons (Fsp3) is 0.450. The van der Waals surface area contributed by atoms with Crippen molar-refractivity contribution in [3.63, 3.8) is 0 Å². The van der Waals surface area contributed by atoms with E-state index in [1.54, 1.807) is 12.4 Å². The molecular formula is C20H25N5O. The maximum atomic E-state index is 12.9. The van der Waals surface area contributed by atoms with Gasteiger partial charge in [-0.25, -0.2) is 4.98 Å². The molecule has 3 heterocycles. The minimum absolute atomic E-state index is 0.0502. The van der Waals surface area contributed by atoms with E-state index < -0.39 is 0 Å². The smallest absolute Gasteiger partial charge is 0.224 e. The number of benzene rings is 1. The molecule has 6 nitrogen and oxygen atoms in total. The van der Waals surface area contributed by atoms with Crippen molar-refractivity contribution in [1.82, 2.24) is 14.9 Å². The molecule has 1 N–H and O–H groups in total. The molecule has 0 spiro atoms. The molecule has 1 atom stereocenters. The number of hydrogen-bond acceptors (Lipinski definition) is 5. The number of para-hydroxylation sites is 1. The van der Waals surface area contributed by atoms with Crippen molar-refractivity contribution in [3.05, 3.63) is 47.9 Å². The van der Waals surface area contributed by atoms with Crippen LogP contribution in [0.2, 0.25) is 0 Å². The van der Waals surface area contributed by atoms with Crippen LogP contribution >= 0.6 is 0 Å². The predicted molar refractivity (Wildman–Crippen MR) is 102 cm³/mol. The summed E-state index contributed by atoms with van der Waals surface area (Å²) in [5.41, 5.74) is 3.55. The number of likely N-dealkylation sites (tertiary alicyclic amines) is 1. The predicted octanol–water partition coefficient (Wildman–Crippen LogP) is 2.63. The summed E-state index contributed by atoms with van der Waals surface area (Å²) in [5.74, 6) is 0.962. The van der Waals surface area contributed by atoms with Gasteiger partial charge in [0.25, 0.3) is 0 Å². The molecule has 4 rings (SSSR count). The summed E-state index contributed by atoms with van der Waals surface area (Å²) < 4.78 is 0. The van der Waals surface area contributed by atoms with Gasteiger partial charge in [0.05, 0.1) is 24.1 Å². The average molecular weight is 351 g/mol. The lowest BCUT2D eigenvalue weighted by atomic mass is 10.1. The fourth-order valence-corrected chi connectivity index (χ4v) is 4.05. The standard InChI is InChI=1S/C20H25N5O/c1-21-19-14-22-13-16(23-19)18-7-4-10-25(18)20(26)9-12-24-11-8-15-5-2-3-6-17(15)24/h2-3,5-6,13-14,18H,4,7-12H2,1H3,(H,21,23). The van der Waals surface area contributed by atoms with Crippen LogP contribution in [0.25, 0.3) is 0 Å². The SMILES string of the molecule is CNc1cncc(C2CCCN2C(=O)CCN2CCc3ccccc32)n1. The van der Waals surface area contributed by atoms with Crippen LogP contribution in [-0.4, -0.2) is 47.5 Å². The van der Waals surface area contributed by atoms with Gasteiger partial charge in [0.15, 0.2) is 0 Å². The normalized spacial score (nSPS) is 18.9. The van der Waals surface area contributed by atoms with Gasteiger partial charge in [0.2, 0.25) is 5.91 Å². The number of anilines is 2. The summed E-state index contributed by atoms with van der Waals surface area (Å²) in [5, 5.41) is 3.02. The van der Waals surface area contributed by atoms with E-state index in [0.29, 0.717) is 6.42 Å². The number of amides is 1. The molecule has 1 amide bonds. The number of nitrogens with one attached hydrogen (secondary N) is 1. The topological polar surface area (TPSA) is 61.4 Å².